The van der Waals surface area contributed by atoms with E-state index in [0.29, 0.717) is 0 Å². The molecule has 0 bridgehead atoms. The van der Waals surface area contributed by atoms with Crippen molar-refractivity contribution >= 4 is 44.6 Å². The fourth-order valence-corrected chi connectivity index (χ4v) is 3.28. The molecule has 0 spiro atoms. The maximum Gasteiger partial charge on any atom is 0.194 e. The van der Waals surface area contributed by atoms with Crippen molar-refractivity contribution in [3.05, 3.63) is 46.0 Å². The van der Waals surface area contributed by atoms with Crippen molar-refractivity contribution < 1.29 is 0 Å². The molecule has 20 heavy (non-hydrogen) atoms. The van der Waals surface area contributed by atoms with Crippen molar-refractivity contribution in [2.45, 2.75) is 26.2 Å². The summed E-state index contributed by atoms with van der Waals surface area (Å²) in [6, 6.07) is 8.37. The Morgan fingerprint density at radius 3 is 2.65 bits per heavy atom. The first-order valence-corrected chi connectivity index (χ1v) is 7.85. The number of fused-ring (bicyclic) bond motifs is 1. The fourth-order valence-electron chi connectivity index (χ4n) is 2.00. The number of thiazole rings is 1. The van der Waals surface area contributed by atoms with Gasteiger partial charge in [-0.05, 0) is 12.1 Å². The van der Waals surface area contributed by atoms with E-state index < -0.39 is 0 Å². The molecule has 0 aliphatic heterocycles. The van der Waals surface area contributed by atoms with Crippen LogP contribution < -0.4 is 0 Å². The highest BCUT2D eigenvalue weighted by molar-refractivity contribution is 9.10. The van der Waals surface area contributed by atoms with Crippen LogP contribution in [0.3, 0.4) is 0 Å². The van der Waals surface area contributed by atoms with Crippen LogP contribution in [0.5, 0.6) is 0 Å². The maximum atomic E-state index is 4.72. The Morgan fingerprint density at radius 2 is 2.00 bits per heavy atom. The Bertz CT molecular complexity index is 740. The first kappa shape index (κ1) is 15.5. The molecule has 0 aliphatic carbocycles. The number of aromatic nitrogens is 2. The third-order valence-electron chi connectivity index (χ3n) is 3.10. The molecule has 3 rings (SSSR count). The van der Waals surface area contributed by atoms with Crippen molar-refractivity contribution in [3.8, 4) is 11.3 Å². The zero-order chi connectivity index (χ0) is 13.6. The van der Waals surface area contributed by atoms with Gasteiger partial charge in [0.05, 0.1) is 11.4 Å². The van der Waals surface area contributed by atoms with Crippen LogP contribution in [0.15, 0.2) is 40.3 Å². The summed E-state index contributed by atoms with van der Waals surface area (Å²) in [7, 11) is 0. The van der Waals surface area contributed by atoms with Gasteiger partial charge in [0, 0.05) is 27.0 Å². The summed E-state index contributed by atoms with van der Waals surface area (Å²) in [6.07, 6.45) is 2.15. The van der Waals surface area contributed by atoms with E-state index in [1.54, 1.807) is 11.3 Å². The van der Waals surface area contributed by atoms with Gasteiger partial charge in [0.25, 0.3) is 0 Å². The summed E-state index contributed by atoms with van der Waals surface area (Å²) in [5.74, 6) is 0. The number of nitrogens with zero attached hydrogens (tertiary/aromatic N) is 2. The lowest BCUT2D eigenvalue weighted by Gasteiger charge is -2.13. The van der Waals surface area contributed by atoms with Crippen molar-refractivity contribution in [1.29, 1.82) is 0 Å². The summed E-state index contributed by atoms with van der Waals surface area (Å²) in [5.41, 5.74) is 3.62. The zero-order valence-electron chi connectivity index (χ0n) is 11.6. The molecule has 0 atom stereocenters. The van der Waals surface area contributed by atoms with Crippen LogP contribution in [-0.4, -0.2) is 9.38 Å². The van der Waals surface area contributed by atoms with Gasteiger partial charge in [0.1, 0.15) is 0 Å². The van der Waals surface area contributed by atoms with E-state index in [2.05, 4.69) is 70.9 Å². The summed E-state index contributed by atoms with van der Waals surface area (Å²) < 4.78 is 3.29. The molecule has 0 unspecified atom stereocenters. The van der Waals surface area contributed by atoms with Crippen molar-refractivity contribution in [2.24, 2.45) is 0 Å². The van der Waals surface area contributed by atoms with Gasteiger partial charge in [-0.1, -0.05) is 48.8 Å². The fraction of sp³-hybridized carbons (Fsp3) is 0.267. The molecule has 0 saturated carbocycles. The van der Waals surface area contributed by atoms with Gasteiger partial charge in [-0.25, -0.2) is 4.98 Å². The van der Waals surface area contributed by atoms with E-state index in [1.807, 2.05) is 6.07 Å². The predicted octanol–water partition coefficient (Wildman–Crippen LogP) is 5.54. The second kappa shape index (κ2) is 5.51. The molecule has 2 nitrogen and oxygen atoms in total. The molecule has 2 aromatic heterocycles. The van der Waals surface area contributed by atoms with Crippen molar-refractivity contribution in [3.63, 3.8) is 0 Å². The number of imidazole rings is 1. The van der Waals surface area contributed by atoms with Crippen molar-refractivity contribution in [2.75, 3.05) is 0 Å². The van der Waals surface area contributed by atoms with E-state index in [9.17, 15) is 0 Å². The smallest absolute Gasteiger partial charge is 0.194 e. The van der Waals surface area contributed by atoms with E-state index in [4.69, 9.17) is 4.98 Å². The predicted molar refractivity (Wildman–Crippen MR) is 92.2 cm³/mol. The highest BCUT2D eigenvalue weighted by Gasteiger charge is 2.19. The molecule has 0 aliphatic rings. The molecular weight excluding hydrogens is 356 g/mol. The quantitative estimate of drug-likeness (QED) is 0.548. The third kappa shape index (κ3) is 2.78. The van der Waals surface area contributed by atoms with Gasteiger partial charge < -0.3 is 0 Å². The van der Waals surface area contributed by atoms with Gasteiger partial charge in [-0.15, -0.1) is 23.7 Å². The summed E-state index contributed by atoms with van der Waals surface area (Å²) in [4.78, 5) is 5.78. The molecule has 0 radical (unpaired) electrons. The van der Waals surface area contributed by atoms with Crippen LogP contribution in [0.4, 0.5) is 0 Å². The van der Waals surface area contributed by atoms with Gasteiger partial charge in [0.15, 0.2) is 4.96 Å². The Labute approximate surface area is 137 Å². The molecule has 0 N–H and O–H groups in total. The third-order valence-corrected chi connectivity index (χ3v) is 4.43. The zero-order valence-corrected chi connectivity index (χ0v) is 14.8. The van der Waals surface area contributed by atoms with Crippen LogP contribution >= 0.6 is 39.7 Å². The van der Waals surface area contributed by atoms with Crippen LogP contribution in [-0.2, 0) is 5.41 Å². The number of hydrogen-bond acceptors (Lipinski definition) is 2. The highest BCUT2D eigenvalue weighted by Crippen LogP contribution is 2.30. The average Bonchev–Trinajstić information content (AvgIpc) is 2.86. The Kier molecular flexibility index (Phi) is 4.28. The molecule has 0 amide bonds. The second-order valence-electron chi connectivity index (χ2n) is 5.66. The monoisotopic (exact) mass is 370 g/mol. The standard InChI is InChI=1S/C15H15BrN2S.ClH/c1-15(2,3)13-8-18-12(9-19-14(18)17-13)10-5-4-6-11(16)7-10;/h4-9H,1-3H3;1H. The van der Waals surface area contributed by atoms with Crippen LogP contribution in [0.2, 0.25) is 0 Å². The van der Waals surface area contributed by atoms with Crippen LogP contribution in [0, 0.1) is 0 Å². The summed E-state index contributed by atoms with van der Waals surface area (Å²) >= 11 is 5.22. The first-order valence-electron chi connectivity index (χ1n) is 6.18. The summed E-state index contributed by atoms with van der Waals surface area (Å²) in [5, 5.41) is 2.16. The molecule has 106 valence electrons. The van der Waals surface area contributed by atoms with E-state index in [1.165, 1.54) is 11.3 Å². The Morgan fingerprint density at radius 1 is 1.25 bits per heavy atom. The van der Waals surface area contributed by atoms with E-state index >= 15 is 0 Å². The first-order chi connectivity index (χ1) is 8.95. The van der Waals surface area contributed by atoms with Crippen molar-refractivity contribution in [1.82, 2.24) is 9.38 Å². The lowest BCUT2D eigenvalue weighted by Crippen LogP contribution is -2.11. The number of rotatable bonds is 1. The average molecular weight is 372 g/mol. The minimum Gasteiger partial charge on any atom is -0.290 e. The molecule has 3 aromatic rings. The molecule has 0 fully saturated rings. The van der Waals surface area contributed by atoms with Gasteiger partial charge in [-0.3, -0.25) is 4.40 Å². The Balaban J connectivity index is 0.00000147. The van der Waals surface area contributed by atoms with Crippen LogP contribution in [0.25, 0.3) is 16.2 Å². The van der Waals surface area contributed by atoms with Gasteiger partial charge in [-0.2, -0.15) is 0 Å². The normalized spacial score (nSPS) is 11.6. The van der Waals surface area contributed by atoms with E-state index in [-0.39, 0.29) is 17.8 Å². The minimum atomic E-state index is 0. The molecule has 5 heteroatoms. The summed E-state index contributed by atoms with van der Waals surface area (Å²) in [6.45, 7) is 6.58. The molecule has 1 aromatic carbocycles. The maximum absolute atomic E-state index is 4.72. The Hall–Kier alpha value is -0.840. The van der Waals surface area contributed by atoms with E-state index in [0.717, 1.165) is 15.1 Å². The largest absolute Gasteiger partial charge is 0.290 e. The van der Waals surface area contributed by atoms with Gasteiger partial charge in [0.2, 0.25) is 0 Å². The lowest BCUT2D eigenvalue weighted by atomic mass is 9.93. The minimum absolute atomic E-state index is 0. The molecular formula is C15H16BrClN2S. The topological polar surface area (TPSA) is 17.3 Å². The highest BCUT2D eigenvalue weighted by atomic mass is 79.9. The SMILES string of the molecule is CC(C)(C)c1cn2c(-c3cccc(Br)c3)csc2n1.Cl. The molecule has 2 heterocycles. The number of hydrogen-bond donors (Lipinski definition) is 0. The number of benzene rings is 1. The van der Waals surface area contributed by atoms with Gasteiger partial charge >= 0.3 is 0 Å². The lowest BCUT2D eigenvalue weighted by molar-refractivity contribution is 0.573. The number of halogens is 2. The second-order valence-corrected chi connectivity index (χ2v) is 7.41. The van der Waals surface area contributed by atoms with Crippen LogP contribution in [0.1, 0.15) is 26.5 Å². The molecule has 0 saturated heterocycles.